The summed E-state index contributed by atoms with van der Waals surface area (Å²) in [7, 11) is 0. The molecule has 4 nitrogen and oxygen atoms in total. The number of benzene rings is 1. The van der Waals surface area contributed by atoms with Crippen molar-refractivity contribution in [1.82, 2.24) is 10.2 Å². The van der Waals surface area contributed by atoms with Gasteiger partial charge in [-0.1, -0.05) is 12.8 Å². The van der Waals surface area contributed by atoms with E-state index in [0.717, 1.165) is 28.8 Å². The molecule has 1 aromatic carbocycles. The lowest BCUT2D eigenvalue weighted by molar-refractivity contribution is -0.123. The fraction of sp³-hybridized carbons (Fsp3) is 0.588. The van der Waals surface area contributed by atoms with Crippen LogP contribution in [0.1, 0.15) is 32.1 Å². The van der Waals surface area contributed by atoms with Crippen LogP contribution < -0.4 is 10.1 Å². The number of nitrogens with one attached hydrogen (secondary N) is 1. The monoisotopic (exact) mass is 416 g/mol. The smallest absolute Gasteiger partial charge is 0.257 e. The molecule has 1 N–H and O–H groups in total. The van der Waals surface area contributed by atoms with Gasteiger partial charge >= 0.3 is 0 Å². The Bertz CT molecular complexity index is 442. The summed E-state index contributed by atoms with van der Waals surface area (Å²) in [4.78, 5) is 14.3. The minimum atomic E-state index is -0.0468. The number of likely N-dealkylation sites (tertiary alicyclic amines) is 1. The molecule has 1 amide bonds. The second kappa shape index (κ2) is 10.0. The maximum Gasteiger partial charge on any atom is 0.257 e. The first-order valence-electron chi connectivity index (χ1n) is 8.11. The first kappa shape index (κ1) is 17.5. The number of hydrogen-bond donors (Lipinski definition) is 1. The van der Waals surface area contributed by atoms with Crippen LogP contribution in [0.15, 0.2) is 24.3 Å². The molecule has 0 atom stereocenters. The molecule has 0 bridgehead atoms. The van der Waals surface area contributed by atoms with Crippen molar-refractivity contribution in [3.8, 4) is 5.75 Å². The molecule has 1 heterocycles. The van der Waals surface area contributed by atoms with Gasteiger partial charge in [0, 0.05) is 10.1 Å². The third-order valence-electron chi connectivity index (χ3n) is 3.86. The quantitative estimate of drug-likeness (QED) is 0.549. The van der Waals surface area contributed by atoms with Crippen LogP contribution in [0, 0.1) is 3.57 Å². The maximum atomic E-state index is 11.7. The van der Waals surface area contributed by atoms with Gasteiger partial charge < -0.3 is 15.0 Å². The van der Waals surface area contributed by atoms with Crippen molar-refractivity contribution in [2.24, 2.45) is 0 Å². The molecular formula is C17H25IN2O2. The zero-order valence-corrected chi connectivity index (χ0v) is 15.2. The predicted octanol–water partition coefficient (Wildman–Crippen LogP) is 3.05. The molecule has 122 valence electrons. The topological polar surface area (TPSA) is 41.6 Å². The van der Waals surface area contributed by atoms with Crippen LogP contribution in [-0.4, -0.2) is 43.6 Å². The first-order valence-corrected chi connectivity index (χ1v) is 9.19. The Morgan fingerprint density at radius 3 is 2.50 bits per heavy atom. The predicted molar refractivity (Wildman–Crippen MR) is 97.2 cm³/mol. The molecule has 0 spiro atoms. The van der Waals surface area contributed by atoms with Gasteiger partial charge in [-0.2, -0.15) is 0 Å². The number of carbonyl (C=O) groups is 1. The minimum Gasteiger partial charge on any atom is -0.484 e. The molecule has 1 aromatic rings. The van der Waals surface area contributed by atoms with E-state index in [2.05, 4.69) is 32.8 Å². The summed E-state index contributed by atoms with van der Waals surface area (Å²) < 4.78 is 6.62. The third-order valence-corrected chi connectivity index (χ3v) is 4.57. The van der Waals surface area contributed by atoms with Crippen molar-refractivity contribution < 1.29 is 9.53 Å². The van der Waals surface area contributed by atoms with Crippen LogP contribution in [0.5, 0.6) is 5.75 Å². The summed E-state index contributed by atoms with van der Waals surface area (Å²) in [6, 6.07) is 7.70. The van der Waals surface area contributed by atoms with Gasteiger partial charge in [0.25, 0.3) is 5.91 Å². The molecule has 0 aliphatic carbocycles. The standard InChI is InChI=1S/C17H25IN2O2/c18-15-6-8-16(9-7-15)22-14-17(21)19-10-5-13-20-11-3-1-2-4-12-20/h6-9H,1-5,10-14H2,(H,19,21). The lowest BCUT2D eigenvalue weighted by Gasteiger charge is -2.19. The molecule has 0 aromatic heterocycles. The second-order valence-corrected chi connectivity index (χ2v) is 6.95. The zero-order chi connectivity index (χ0) is 15.6. The van der Waals surface area contributed by atoms with Crippen LogP contribution >= 0.6 is 22.6 Å². The normalized spacial score (nSPS) is 16.0. The van der Waals surface area contributed by atoms with Crippen LogP contribution in [-0.2, 0) is 4.79 Å². The Hall–Kier alpha value is -0.820. The molecule has 2 rings (SSSR count). The van der Waals surface area contributed by atoms with Gasteiger partial charge in [0.2, 0.25) is 0 Å². The Balaban J connectivity index is 1.54. The summed E-state index contributed by atoms with van der Waals surface area (Å²) in [5.74, 6) is 0.689. The van der Waals surface area contributed by atoms with E-state index in [-0.39, 0.29) is 12.5 Å². The van der Waals surface area contributed by atoms with Gasteiger partial charge in [-0.3, -0.25) is 4.79 Å². The van der Waals surface area contributed by atoms with Crippen molar-refractivity contribution in [2.45, 2.75) is 32.1 Å². The van der Waals surface area contributed by atoms with Gasteiger partial charge in [-0.25, -0.2) is 0 Å². The Kier molecular flexibility index (Phi) is 8.01. The van der Waals surface area contributed by atoms with E-state index in [1.807, 2.05) is 24.3 Å². The van der Waals surface area contributed by atoms with Crippen LogP contribution in [0.4, 0.5) is 0 Å². The molecule has 0 unspecified atom stereocenters. The van der Waals surface area contributed by atoms with Crippen molar-refractivity contribution in [2.75, 3.05) is 32.8 Å². The fourth-order valence-corrected chi connectivity index (χ4v) is 2.98. The highest BCUT2D eigenvalue weighted by molar-refractivity contribution is 14.1. The van der Waals surface area contributed by atoms with Crippen molar-refractivity contribution >= 4 is 28.5 Å². The Morgan fingerprint density at radius 2 is 1.82 bits per heavy atom. The van der Waals surface area contributed by atoms with Crippen LogP contribution in [0.2, 0.25) is 0 Å². The average Bonchev–Trinajstić information content (AvgIpc) is 2.80. The number of carbonyl (C=O) groups excluding carboxylic acids is 1. The SMILES string of the molecule is O=C(COc1ccc(I)cc1)NCCCN1CCCCCC1. The lowest BCUT2D eigenvalue weighted by atomic mass is 10.2. The lowest BCUT2D eigenvalue weighted by Crippen LogP contribution is -2.33. The number of amides is 1. The average molecular weight is 416 g/mol. The highest BCUT2D eigenvalue weighted by Gasteiger charge is 2.08. The fourth-order valence-electron chi connectivity index (χ4n) is 2.62. The van der Waals surface area contributed by atoms with E-state index in [9.17, 15) is 4.79 Å². The van der Waals surface area contributed by atoms with E-state index < -0.39 is 0 Å². The Morgan fingerprint density at radius 1 is 1.14 bits per heavy atom. The highest BCUT2D eigenvalue weighted by atomic mass is 127. The summed E-state index contributed by atoms with van der Waals surface area (Å²) in [6.07, 6.45) is 6.37. The Labute approximate surface area is 146 Å². The largest absolute Gasteiger partial charge is 0.484 e. The number of halogens is 1. The number of hydrogen-bond acceptors (Lipinski definition) is 3. The van der Waals surface area contributed by atoms with Gasteiger partial charge in [-0.05, 0) is 85.8 Å². The highest BCUT2D eigenvalue weighted by Crippen LogP contribution is 2.13. The van der Waals surface area contributed by atoms with Crippen LogP contribution in [0.3, 0.4) is 0 Å². The molecule has 1 aliphatic heterocycles. The van der Waals surface area contributed by atoms with Crippen molar-refractivity contribution in [1.29, 1.82) is 0 Å². The number of nitrogens with zero attached hydrogens (tertiary/aromatic N) is 1. The molecule has 1 aliphatic rings. The van der Waals surface area contributed by atoms with Crippen molar-refractivity contribution in [3.63, 3.8) is 0 Å². The van der Waals surface area contributed by atoms with E-state index in [1.165, 1.54) is 38.8 Å². The summed E-state index contributed by atoms with van der Waals surface area (Å²) in [5.41, 5.74) is 0. The summed E-state index contributed by atoms with van der Waals surface area (Å²) in [6.45, 7) is 4.32. The van der Waals surface area contributed by atoms with Gasteiger partial charge in [0.05, 0.1) is 0 Å². The van der Waals surface area contributed by atoms with Crippen LogP contribution in [0.25, 0.3) is 0 Å². The molecule has 1 saturated heterocycles. The molecule has 22 heavy (non-hydrogen) atoms. The number of ether oxygens (including phenoxy) is 1. The van der Waals surface area contributed by atoms with Gasteiger partial charge in [0.15, 0.2) is 6.61 Å². The second-order valence-electron chi connectivity index (χ2n) is 5.70. The van der Waals surface area contributed by atoms with Gasteiger partial charge in [0.1, 0.15) is 5.75 Å². The molecule has 5 heteroatoms. The molecular weight excluding hydrogens is 391 g/mol. The third kappa shape index (κ3) is 6.96. The summed E-state index contributed by atoms with van der Waals surface area (Å²) in [5, 5.41) is 2.93. The molecule has 0 radical (unpaired) electrons. The van der Waals surface area contributed by atoms with E-state index in [4.69, 9.17) is 4.74 Å². The minimum absolute atomic E-state index is 0.0468. The zero-order valence-electron chi connectivity index (χ0n) is 13.0. The number of rotatable bonds is 7. The maximum absolute atomic E-state index is 11.7. The van der Waals surface area contributed by atoms with Crippen molar-refractivity contribution in [3.05, 3.63) is 27.8 Å². The van der Waals surface area contributed by atoms with E-state index >= 15 is 0 Å². The molecule has 0 saturated carbocycles. The summed E-state index contributed by atoms with van der Waals surface area (Å²) >= 11 is 2.24. The van der Waals surface area contributed by atoms with Gasteiger partial charge in [-0.15, -0.1) is 0 Å². The van der Waals surface area contributed by atoms with E-state index in [0.29, 0.717) is 0 Å². The molecule has 1 fully saturated rings. The first-order chi connectivity index (χ1) is 10.7. The van der Waals surface area contributed by atoms with E-state index in [1.54, 1.807) is 0 Å².